The number of anilines is 2. The number of benzene rings is 2. The van der Waals surface area contributed by atoms with Gasteiger partial charge in [-0.25, -0.2) is 8.78 Å². The molecular formula is C14H13BrF2N2. The summed E-state index contributed by atoms with van der Waals surface area (Å²) in [6.07, 6.45) is 0. The molecule has 0 amide bonds. The first kappa shape index (κ1) is 13.8. The highest BCUT2D eigenvalue weighted by molar-refractivity contribution is 9.10. The number of halogens is 3. The minimum atomic E-state index is -0.350. The van der Waals surface area contributed by atoms with Crippen LogP contribution in [0.2, 0.25) is 0 Å². The van der Waals surface area contributed by atoms with Gasteiger partial charge in [0.25, 0.3) is 0 Å². The van der Waals surface area contributed by atoms with Gasteiger partial charge in [0.15, 0.2) is 0 Å². The van der Waals surface area contributed by atoms with Gasteiger partial charge < -0.3 is 11.1 Å². The van der Waals surface area contributed by atoms with E-state index in [1.165, 1.54) is 12.1 Å². The number of nitrogen functional groups attached to an aromatic ring is 1. The fourth-order valence-electron chi connectivity index (χ4n) is 1.72. The number of nitrogens with two attached hydrogens (primary N) is 1. The van der Waals surface area contributed by atoms with Crippen LogP contribution in [0.15, 0.2) is 34.8 Å². The van der Waals surface area contributed by atoms with Crippen LogP contribution in [0.4, 0.5) is 20.2 Å². The molecule has 0 heterocycles. The van der Waals surface area contributed by atoms with Gasteiger partial charge in [-0.3, -0.25) is 0 Å². The molecule has 5 heteroatoms. The van der Waals surface area contributed by atoms with Crippen molar-refractivity contribution in [2.45, 2.75) is 13.5 Å². The van der Waals surface area contributed by atoms with Crippen molar-refractivity contribution in [2.75, 3.05) is 11.1 Å². The minimum absolute atomic E-state index is 0.278. The van der Waals surface area contributed by atoms with E-state index in [0.717, 1.165) is 4.47 Å². The third-order valence-corrected chi connectivity index (χ3v) is 3.30. The molecule has 0 aliphatic heterocycles. The largest absolute Gasteiger partial charge is 0.397 e. The van der Waals surface area contributed by atoms with Crippen LogP contribution >= 0.6 is 15.9 Å². The smallest absolute Gasteiger partial charge is 0.128 e. The molecule has 0 fully saturated rings. The topological polar surface area (TPSA) is 38.0 Å². The Bertz CT molecular complexity index is 615. The van der Waals surface area contributed by atoms with E-state index in [1.54, 1.807) is 25.1 Å². The van der Waals surface area contributed by atoms with E-state index in [9.17, 15) is 8.78 Å². The van der Waals surface area contributed by atoms with E-state index < -0.39 is 0 Å². The number of nitrogens with one attached hydrogen (secondary N) is 1. The van der Waals surface area contributed by atoms with E-state index in [2.05, 4.69) is 21.2 Å². The number of aryl methyl sites for hydroxylation is 1. The molecule has 0 saturated carbocycles. The van der Waals surface area contributed by atoms with E-state index in [1.807, 2.05) is 0 Å². The van der Waals surface area contributed by atoms with Crippen molar-refractivity contribution in [1.29, 1.82) is 0 Å². The molecule has 0 aromatic heterocycles. The standard InChI is InChI=1S/C14H13BrF2N2/c1-8-4-14(13(18)6-12(8)17)19-7-9-5-10(15)2-3-11(9)16/h2-6,19H,7,18H2,1H3. The van der Waals surface area contributed by atoms with Gasteiger partial charge in [-0.1, -0.05) is 15.9 Å². The van der Waals surface area contributed by atoms with Crippen molar-refractivity contribution >= 4 is 27.3 Å². The van der Waals surface area contributed by atoms with Gasteiger partial charge >= 0.3 is 0 Å². The third-order valence-electron chi connectivity index (χ3n) is 2.81. The Morgan fingerprint density at radius 3 is 2.63 bits per heavy atom. The maximum Gasteiger partial charge on any atom is 0.128 e. The lowest BCUT2D eigenvalue weighted by Crippen LogP contribution is -2.05. The molecule has 2 nitrogen and oxygen atoms in total. The van der Waals surface area contributed by atoms with Crippen LogP contribution in [-0.4, -0.2) is 0 Å². The molecule has 0 aliphatic carbocycles. The highest BCUT2D eigenvalue weighted by atomic mass is 79.9. The van der Waals surface area contributed by atoms with Gasteiger partial charge in [-0.15, -0.1) is 0 Å². The average molecular weight is 327 g/mol. The monoisotopic (exact) mass is 326 g/mol. The molecule has 2 rings (SSSR count). The molecule has 0 radical (unpaired) electrons. The van der Waals surface area contributed by atoms with Crippen molar-refractivity contribution < 1.29 is 8.78 Å². The minimum Gasteiger partial charge on any atom is -0.397 e. The molecule has 3 N–H and O–H groups in total. The summed E-state index contributed by atoms with van der Waals surface area (Å²) in [6, 6.07) is 7.58. The van der Waals surface area contributed by atoms with E-state index in [4.69, 9.17) is 5.73 Å². The van der Waals surface area contributed by atoms with E-state index >= 15 is 0 Å². The zero-order valence-electron chi connectivity index (χ0n) is 10.3. The second-order valence-corrected chi connectivity index (χ2v) is 5.19. The molecule has 0 spiro atoms. The zero-order valence-corrected chi connectivity index (χ0v) is 11.9. The Morgan fingerprint density at radius 2 is 1.89 bits per heavy atom. The van der Waals surface area contributed by atoms with Gasteiger partial charge in [0, 0.05) is 16.6 Å². The summed E-state index contributed by atoms with van der Waals surface area (Å²) in [5.41, 5.74) is 7.62. The number of hydrogen-bond donors (Lipinski definition) is 2. The predicted molar refractivity (Wildman–Crippen MR) is 77.0 cm³/mol. The van der Waals surface area contributed by atoms with Crippen LogP contribution in [-0.2, 0) is 6.54 Å². The van der Waals surface area contributed by atoms with Crippen molar-refractivity contribution in [2.24, 2.45) is 0 Å². The molecule has 2 aromatic carbocycles. The van der Waals surface area contributed by atoms with Crippen LogP contribution in [0, 0.1) is 18.6 Å². The maximum atomic E-state index is 13.6. The SMILES string of the molecule is Cc1cc(NCc2cc(Br)ccc2F)c(N)cc1F. The van der Waals surface area contributed by atoms with Crippen LogP contribution in [0.5, 0.6) is 0 Å². The second-order valence-electron chi connectivity index (χ2n) is 4.28. The molecule has 0 bridgehead atoms. The fourth-order valence-corrected chi connectivity index (χ4v) is 2.13. The Balaban J connectivity index is 2.19. The van der Waals surface area contributed by atoms with Gasteiger partial charge in [0.1, 0.15) is 11.6 Å². The van der Waals surface area contributed by atoms with Gasteiger partial charge in [-0.05, 0) is 42.8 Å². The second kappa shape index (κ2) is 5.57. The van der Waals surface area contributed by atoms with Crippen molar-refractivity contribution in [3.8, 4) is 0 Å². The van der Waals surface area contributed by atoms with Crippen molar-refractivity contribution in [1.82, 2.24) is 0 Å². The Labute approximate surface area is 118 Å². The molecule has 0 saturated heterocycles. The molecule has 0 aliphatic rings. The highest BCUT2D eigenvalue weighted by Crippen LogP contribution is 2.24. The van der Waals surface area contributed by atoms with Gasteiger partial charge in [0.05, 0.1) is 11.4 Å². The van der Waals surface area contributed by atoms with Crippen LogP contribution in [0.1, 0.15) is 11.1 Å². The average Bonchev–Trinajstić information content (AvgIpc) is 2.36. The summed E-state index contributed by atoms with van der Waals surface area (Å²) in [7, 11) is 0. The van der Waals surface area contributed by atoms with Crippen LogP contribution in [0.25, 0.3) is 0 Å². The van der Waals surface area contributed by atoms with Gasteiger partial charge in [0.2, 0.25) is 0 Å². The number of hydrogen-bond acceptors (Lipinski definition) is 2. The van der Waals surface area contributed by atoms with Crippen molar-refractivity contribution in [3.05, 3.63) is 57.6 Å². The Kier molecular flexibility index (Phi) is 4.04. The summed E-state index contributed by atoms with van der Waals surface area (Å²) in [5, 5.41) is 3.01. The summed E-state index contributed by atoms with van der Waals surface area (Å²) >= 11 is 3.29. The third kappa shape index (κ3) is 3.23. The summed E-state index contributed by atoms with van der Waals surface area (Å²) in [6.45, 7) is 1.93. The normalized spacial score (nSPS) is 10.5. The van der Waals surface area contributed by atoms with Gasteiger partial charge in [-0.2, -0.15) is 0 Å². The fraction of sp³-hybridized carbons (Fsp3) is 0.143. The lowest BCUT2D eigenvalue weighted by atomic mass is 10.1. The van der Waals surface area contributed by atoms with Crippen LogP contribution < -0.4 is 11.1 Å². The van der Waals surface area contributed by atoms with Crippen molar-refractivity contribution in [3.63, 3.8) is 0 Å². The molecule has 100 valence electrons. The first-order chi connectivity index (χ1) is 8.97. The molecule has 0 unspecified atom stereocenters. The van der Waals surface area contributed by atoms with Crippen LogP contribution in [0.3, 0.4) is 0 Å². The lowest BCUT2D eigenvalue weighted by molar-refractivity contribution is 0.612. The molecule has 0 atom stereocenters. The number of rotatable bonds is 3. The van der Waals surface area contributed by atoms with E-state index in [0.29, 0.717) is 22.5 Å². The Hall–Kier alpha value is -1.62. The summed E-state index contributed by atoms with van der Waals surface area (Å²) in [5.74, 6) is -0.648. The lowest BCUT2D eigenvalue weighted by Gasteiger charge is -2.11. The summed E-state index contributed by atoms with van der Waals surface area (Å²) in [4.78, 5) is 0. The maximum absolute atomic E-state index is 13.6. The first-order valence-corrected chi connectivity index (χ1v) is 6.50. The molecular weight excluding hydrogens is 314 g/mol. The predicted octanol–water partition coefficient (Wildman–Crippen LogP) is 4.23. The van der Waals surface area contributed by atoms with E-state index in [-0.39, 0.29) is 18.2 Å². The summed E-state index contributed by atoms with van der Waals surface area (Å²) < 4.78 is 27.6. The zero-order chi connectivity index (χ0) is 14.0. The molecule has 2 aromatic rings. The Morgan fingerprint density at radius 1 is 1.16 bits per heavy atom. The molecule has 19 heavy (non-hydrogen) atoms. The first-order valence-electron chi connectivity index (χ1n) is 5.71. The quantitative estimate of drug-likeness (QED) is 0.828. The highest BCUT2D eigenvalue weighted by Gasteiger charge is 2.07.